The first-order chi connectivity index (χ1) is 24.3. The van der Waals surface area contributed by atoms with Crippen molar-refractivity contribution in [2.24, 2.45) is 5.73 Å². The number of primary amides is 1. The molecule has 17 nitrogen and oxygen atoms in total. The van der Waals surface area contributed by atoms with Crippen LogP contribution >= 0.6 is 0 Å². The van der Waals surface area contributed by atoms with E-state index in [2.05, 4.69) is 81.0 Å². The van der Waals surface area contributed by atoms with Crippen LogP contribution in [-0.2, 0) is 47.8 Å². The smallest absolute Gasteiger partial charge is 0.332 e. The van der Waals surface area contributed by atoms with Gasteiger partial charge in [-0.25, -0.2) is 28.8 Å². The highest BCUT2D eigenvalue weighted by Gasteiger charge is 2.07. The second-order valence-electron chi connectivity index (χ2n) is 7.49. The second-order valence-corrected chi connectivity index (χ2v) is 7.49. The molecule has 0 aliphatic heterocycles. The number of carboxylic acid groups (broad SMARTS) is 5. The summed E-state index contributed by atoms with van der Waals surface area (Å²) >= 11 is 0. The third-order valence-corrected chi connectivity index (χ3v) is 2.92. The normalized spacial score (nSPS) is 7.15. The van der Waals surface area contributed by atoms with Gasteiger partial charge in [0, 0.05) is 41.5 Å². The number of amides is 1. The zero-order chi connectivity index (χ0) is 44.5. The van der Waals surface area contributed by atoms with Gasteiger partial charge in [-0.1, -0.05) is 89.6 Å². The van der Waals surface area contributed by atoms with Crippen LogP contribution in [0.1, 0.15) is 20.3 Å². The van der Waals surface area contributed by atoms with E-state index >= 15 is 0 Å². The number of allylic oxidation sites excluding steroid dienone is 5. The van der Waals surface area contributed by atoms with Crippen molar-refractivity contribution >= 4 is 47.7 Å². The average Bonchev–Trinajstić information content (AvgIpc) is 3.11. The van der Waals surface area contributed by atoms with Crippen molar-refractivity contribution in [3.8, 4) is 6.07 Å². The van der Waals surface area contributed by atoms with Crippen LogP contribution in [0.3, 0.4) is 0 Å². The van der Waals surface area contributed by atoms with Gasteiger partial charge < -0.3 is 40.7 Å². The number of rotatable bonds is 11. The molecule has 0 aromatic carbocycles. The topological polar surface area (TPSA) is 306 Å². The summed E-state index contributed by atoms with van der Waals surface area (Å²) in [5, 5.41) is 46.8. The highest BCUT2D eigenvalue weighted by molar-refractivity contribution is 5.91. The lowest BCUT2D eigenvalue weighted by Crippen LogP contribution is -2.04. The van der Waals surface area contributed by atoms with Crippen LogP contribution in [0.5, 0.6) is 0 Å². The Morgan fingerprint density at radius 2 is 0.981 bits per heavy atom. The number of carboxylic acids is 5. The molecular formula is C36H50N2O15. The molecule has 0 spiro atoms. The van der Waals surface area contributed by atoms with Crippen LogP contribution in [0.2, 0.25) is 0 Å². The molecule has 1 amide bonds. The van der Waals surface area contributed by atoms with Crippen LogP contribution in [0.15, 0.2) is 137 Å². The standard InChI is InChI=1S/C5H6O4.C5H8O2.C5H8.C4H4O4.C4H6O2.C4H6.C3H5NO.C3H3N.C3H4O2/c1-3(5(8)9)2-4(6)7;1-4(2)5(6)7-3;1-4-5(2)3;5-3(6)1-2-4(7)8;1-3-4(5)6-2;1-3-4-2;1-2-3(4)5;1-2-3-4;1-2-3(4)5/h1-2H2,(H,6,7)(H,8,9);1H2,2-3H3;4H,1-2H2,3H3;1-2H,(H,5,6)(H,7,8);3H,1H2,2H3;3-4H,1-2H2;2H,1H2,(H2,4,5);2H,1H2;2H,1H2,(H,4,5)/b;;;2-1-;;;;;. The van der Waals surface area contributed by atoms with Crippen molar-refractivity contribution in [1.29, 1.82) is 5.26 Å². The maximum Gasteiger partial charge on any atom is 0.332 e. The molecule has 294 valence electrons. The van der Waals surface area contributed by atoms with Gasteiger partial charge in [-0.3, -0.25) is 9.59 Å². The van der Waals surface area contributed by atoms with Gasteiger partial charge in [0.1, 0.15) is 0 Å². The summed E-state index contributed by atoms with van der Waals surface area (Å²) in [5.74, 6) is -7.16. The Balaban J connectivity index is -0.0000000595. The van der Waals surface area contributed by atoms with Gasteiger partial charge in [-0.15, -0.1) is 0 Å². The number of nitrogens with zero attached hydrogens (tertiary/aromatic N) is 1. The van der Waals surface area contributed by atoms with Crippen LogP contribution in [0.25, 0.3) is 0 Å². The van der Waals surface area contributed by atoms with E-state index < -0.39 is 48.1 Å². The number of carbonyl (C=O) groups excluding carboxylic acids is 3. The summed E-state index contributed by atoms with van der Waals surface area (Å²) in [6.45, 7) is 35.9. The lowest BCUT2D eigenvalue weighted by atomic mass is 10.2. The second kappa shape index (κ2) is 56.7. The van der Waals surface area contributed by atoms with Gasteiger partial charge in [-0.2, -0.15) is 5.26 Å². The van der Waals surface area contributed by atoms with Gasteiger partial charge in [0.05, 0.1) is 26.7 Å². The first kappa shape index (κ1) is 67.5. The summed E-state index contributed by atoms with van der Waals surface area (Å²) in [7, 11) is 2.64. The number of ether oxygens (including phenoxy) is 2. The number of aliphatic carboxylic acids is 5. The lowest BCUT2D eigenvalue weighted by Gasteiger charge is -1.91. The van der Waals surface area contributed by atoms with Crippen LogP contribution < -0.4 is 5.73 Å². The molecule has 0 saturated carbocycles. The van der Waals surface area contributed by atoms with E-state index in [9.17, 15) is 38.4 Å². The Morgan fingerprint density at radius 3 is 1.02 bits per heavy atom. The van der Waals surface area contributed by atoms with Crippen LogP contribution in [0, 0.1) is 11.3 Å². The summed E-state index contributed by atoms with van der Waals surface area (Å²) in [6, 6.07) is 1.69. The minimum absolute atomic E-state index is 0.303. The SMILES string of the molecule is C=C(C)C(=O)OC.C=C(CC(=O)O)C(=O)O.C=CC#N.C=CC(=C)C.C=CC(=O)O.C=CC(=O)OC.C=CC(N)=O.C=CC=C.O=C(O)/C=C\C(=O)O. The molecule has 0 aromatic heterocycles. The Labute approximate surface area is 309 Å². The Bertz CT molecular complexity index is 1270. The van der Waals surface area contributed by atoms with E-state index in [1.54, 1.807) is 31.2 Å². The van der Waals surface area contributed by atoms with Gasteiger partial charge in [0.2, 0.25) is 5.91 Å². The molecule has 0 saturated heterocycles. The van der Waals surface area contributed by atoms with E-state index in [0.29, 0.717) is 17.7 Å². The molecule has 0 radical (unpaired) electrons. The fraction of sp³-hybridized carbons (Fsp3) is 0.139. The number of hydrogen-bond acceptors (Lipinski definition) is 11. The Hall–Kier alpha value is -7.61. The van der Waals surface area contributed by atoms with Gasteiger partial charge in [-0.05, 0) is 19.9 Å². The lowest BCUT2D eigenvalue weighted by molar-refractivity contribution is -0.139. The highest BCUT2D eigenvalue weighted by atomic mass is 16.5. The number of hydrogen-bond donors (Lipinski definition) is 6. The molecule has 0 unspecified atom stereocenters. The first-order valence-electron chi connectivity index (χ1n) is 13.3. The third-order valence-electron chi connectivity index (χ3n) is 2.92. The predicted molar refractivity (Wildman–Crippen MR) is 201 cm³/mol. The van der Waals surface area contributed by atoms with Crippen molar-refractivity contribution in [2.45, 2.75) is 20.3 Å². The zero-order valence-corrected chi connectivity index (χ0v) is 30.3. The number of methoxy groups -OCH3 is 2. The van der Waals surface area contributed by atoms with E-state index in [-0.39, 0.29) is 11.5 Å². The van der Waals surface area contributed by atoms with Gasteiger partial charge in [0.15, 0.2) is 0 Å². The summed E-state index contributed by atoms with van der Waals surface area (Å²) in [5.41, 5.74) is 5.68. The zero-order valence-electron chi connectivity index (χ0n) is 30.3. The molecule has 53 heavy (non-hydrogen) atoms. The van der Waals surface area contributed by atoms with Gasteiger partial charge in [0.25, 0.3) is 0 Å². The van der Waals surface area contributed by atoms with Crippen LogP contribution in [-0.4, -0.2) is 87.4 Å². The minimum Gasteiger partial charge on any atom is -0.481 e. The van der Waals surface area contributed by atoms with Crippen molar-refractivity contribution in [2.75, 3.05) is 14.2 Å². The third kappa shape index (κ3) is 146. The first-order valence-corrected chi connectivity index (χ1v) is 13.3. The molecule has 0 aliphatic rings. The monoisotopic (exact) mass is 750 g/mol. The summed E-state index contributed by atoms with van der Waals surface area (Å²) < 4.78 is 8.42. The minimum atomic E-state index is -1.27. The molecule has 17 heteroatoms. The largest absolute Gasteiger partial charge is 0.481 e. The molecule has 0 aromatic rings. The Morgan fingerprint density at radius 1 is 0.660 bits per heavy atom. The van der Waals surface area contributed by atoms with E-state index in [0.717, 1.165) is 23.8 Å². The molecule has 0 heterocycles. The average molecular weight is 751 g/mol. The fourth-order valence-corrected chi connectivity index (χ4v) is 0.658. The molecule has 0 rings (SSSR count). The van der Waals surface area contributed by atoms with E-state index in [1.807, 2.05) is 6.92 Å². The molecule has 0 bridgehead atoms. The molecule has 7 N–H and O–H groups in total. The Kier molecular flexibility index (Phi) is 72.3. The molecule has 0 fully saturated rings. The maximum atomic E-state index is 10.2. The quantitative estimate of drug-likeness (QED) is 0.0726. The van der Waals surface area contributed by atoms with Crippen molar-refractivity contribution in [3.05, 3.63) is 137 Å². The van der Waals surface area contributed by atoms with E-state index in [1.165, 1.54) is 20.3 Å². The summed E-state index contributed by atoms with van der Waals surface area (Å²) in [6.07, 6.45) is 9.79. The number of esters is 2. The number of carbonyl (C=O) groups is 8. The van der Waals surface area contributed by atoms with Crippen molar-refractivity contribution < 1.29 is 73.4 Å². The van der Waals surface area contributed by atoms with E-state index in [4.69, 9.17) is 30.8 Å². The van der Waals surface area contributed by atoms with Crippen LogP contribution in [0.4, 0.5) is 0 Å². The van der Waals surface area contributed by atoms with Crippen molar-refractivity contribution in [3.63, 3.8) is 0 Å². The predicted octanol–water partition coefficient (Wildman–Crippen LogP) is 4.61. The van der Waals surface area contributed by atoms with Gasteiger partial charge >= 0.3 is 41.8 Å². The molecular weight excluding hydrogens is 700 g/mol. The fourth-order valence-electron chi connectivity index (χ4n) is 0.658. The number of nitriles is 1. The summed E-state index contributed by atoms with van der Waals surface area (Å²) in [4.78, 5) is 77.5. The highest BCUT2D eigenvalue weighted by Crippen LogP contribution is 1.95. The molecule has 0 atom stereocenters. The van der Waals surface area contributed by atoms with Crippen molar-refractivity contribution in [1.82, 2.24) is 0 Å². The number of nitrogens with two attached hydrogens (primary N) is 1. The molecule has 0 aliphatic carbocycles. The maximum absolute atomic E-state index is 10.2.